The zero-order valence-corrected chi connectivity index (χ0v) is 16.0. The van der Waals surface area contributed by atoms with E-state index in [-0.39, 0.29) is 5.92 Å². The zero-order valence-electron chi connectivity index (χ0n) is 16.0. The number of ether oxygens (including phenoxy) is 2. The summed E-state index contributed by atoms with van der Waals surface area (Å²) in [6.07, 6.45) is 5.33. The summed E-state index contributed by atoms with van der Waals surface area (Å²) in [5.74, 6) is -0.0572. The maximum absolute atomic E-state index is 12.0. The van der Waals surface area contributed by atoms with Crippen LogP contribution in [0, 0.1) is 5.92 Å². The van der Waals surface area contributed by atoms with Gasteiger partial charge in [-0.25, -0.2) is 4.79 Å². The Morgan fingerprint density at radius 1 is 1.27 bits per heavy atom. The molecule has 1 rings (SSSR count). The Hall–Kier alpha value is -2.50. The monoisotopic (exact) mass is 363 g/mol. The molecule has 0 spiro atoms. The molecule has 2 N–H and O–H groups in total. The number of unbranched alkanes of at least 4 members (excludes halogenated alkanes) is 1. The number of hydrogen-bond acceptors (Lipinski definition) is 4. The van der Waals surface area contributed by atoms with E-state index in [4.69, 9.17) is 9.47 Å². The highest BCUT2D eigenvalue weighted by atomic mass is 16.5. The molecule has 0 aliphatic rings. The Balaban J connectivity index is 2.74. The Morgan fingerprint density at radius 3 is 2.58 bits per heavy atom. The van der Waals surface area contributed by atoms with Crippen LogP contribution in [0.3, 0.4) is 0 Å². The van der Waals surface area contributed by atoms with Crippen LogP contribution in [0.2, 0.25) is 0 Å². The number of carboxylic acid groups (broad SMARTS) is 1. The van der Waals surface area contributed by atoms with Gasteiger partial charge in [0.05, 0.1) is 13.7 Å². The Kier molecular flexibility index (Phi) is 9.26. The standard InChI is InChI=1S/C20H29NO5/c1-5-6-11-26-17-9-7-15(13-18(17)25-4)8-10-19(22)21-16(20(23)24)12-14(2)3/h7-10,13-14,16H,5-6,11-12H2,1-4H3,(H,21,22)(H,23,24)/b10-8+. The zero-order chi connectivity index (χ0) is 19.5. The Morgan fingerprint density at radius 2 is 2.00 bits per heavy atom. The number of hydrogen-bond donors (Lipinski definition) is 2. The number of aliphatic carboxylic acids is 1. The lowest BCUT2D eigenvalue weighted by Crippen LogP contribution is -2.40. The minimum atomic E-state index is -1.03. The summed E-state index contributed by atoms with van der Waals surface area (Å²) < 4.78 is 11.0. The molecule has 6 heteroatoms. The number of amides is 1. The highest BCUT2D eigenvalue weighted by Gasteiger charge is 2.19. The molecule has 1 aromatic rings. The second kappa shape index (κ2) is 11.2. The van der Waals surface area contributed by atoms with Gasteiger partial charge in [0.25, 0.3) is 0 Å². The fourth-order valence-corrected chi connectivity index (χ4v) is 2.32. The van der Waals surface area contributed by atoms with Crippen LogP contribution in [0.25, 0.3) is 6.08 Å². The van der Waals surface area contributed by atoms with Crippen molar-refractivity contribution in [1.82, 2.24) is 5.32 Å². The van der Waals surface area contributed by atoms with Gasteiger partial charge in [-0.2, -0.15) is 0 Å². The van der Waals surface area contributed by atoms with Crippen molar-refractivity contribution in [2.24, 2.45) is 5.92 Å². The summed E-state index contributed by atoms with van der Waals surface area (Å²) >= 11 is 0. The number of benzene rings is 1. The van der Waals surface area contributed by atoms with Crippen LogP contribution in [-0.2, 0) is 9.59 Å². The van der Waals surface area contributed by atoms with Crippen molar-refractivity contribution in [3.05, 3.63) is 29.8 Å². The van der Waals surface area contributed by atoms with E-state index in [0.717, 1.165) is 18.4 Å². The maximum atomic E-state index is 12.0. The van der Waals surface area contributed by atoms with Crippen LogP contribution in [0.4, 0.5) is 0 Å². The van der Waals surface area contributed by atoms with Crippen LogP contribution >= 0.6 is 0 Å². The van der Waals surface area contributed by atoms with Crippen molar-refractivity contribution in [2.75, 3.05) is 13.7 Å². The van der Waals surface area contributed by atoms with Gasteiger partial charge < -0.3 is 19.9 Å². The molecule has 1 atom stereocenters. The van der Waals surface area contributed by atoms with Gasteiger partial charge in [-0.15, -0.1) is 0 Å². The molecule has 1 amide bonds. The minimum Gasteiger partial charge on any atom is -0.493 e. The van der Waals surface area contributed by atoms with Crippen LogP contribution in [0.1, 0.15) is 45.6 Å². The molecular formula is C20H29NO5. The molecule has 0 aliphatic heterocycles. The summed E-state index contributed by atoms with van der Waals surface area (Å²) in [5.41, 5.74) is 0.760. The quantitative estimate of drug-likeness (QED) is 0.464. The van der Waals surface area contributed by atoms with E-state index in [1.165, 1.54) is 6.08 Å². The average Bonchev–Trinajstić information content (AvgIpc) is 2.59. The molecule has 0 bridgehead atoms. The summed E-state index contributed by atoms with van der Waals surface area (Å²) in [6.45, 7) is 6.54. The smallest absolute Gasteiger partial charge is 0.326 e. The molecule has 0 radical (unpaired) electrons. The second-order valence-corrected chi connectivity index (χ2v) is 6.47. The van der Waals surface area contributed by atoms with E-state index in [1.807, 2.05) is 19.9 Å². The fourth-order valence-electron chi connectivity index (χ4n) is 2.32. The van der Waals surface area contributed by atoms with Gasteiger partial charge in [0.1, 0.15) is 6.04 Å². The van der Waals surface area contributed by atoms with Crippen LogP contribution in [0.5, 0.6) is 11.5 Å². The second-order valence-electron chi connectivity index (χ2n) is 6.47. The van der Waals surface area contributed by atoms with Gasteiger partial charge in [-0.3, -0.25) is 4.79 Å². The molecule has 0 saturated carbocycles. The summed E-state index contributed by atoms with van der Waals surface area (Å²) in [4.78, 5) is 23.2. The first-order chi connectivity index (χ1) is 12.4. The molecule has 6 nitrogen and oxygen atoms in total. The molecule has 1 unspecified atom stereocenters. The minimum absolute atomic E-state index is 0.171. The van der Waals surface area contributed by atoms with Crippen molar-refractivity contribution >= 4 is 18.0 Å². The topological polar surface area (TPSA) is 84.9 Å². The van der Waals surface area contributed by atoms with Crippen LogP contribution in [-0.4, -0.2) is 36.7 Å². The van der Waals surface area contributed by atoms with Gasteiger partial charge in [0.15, 0.2) is 11.5 Å². The van der Waals surface area contributed by atoms with Crippen molar-refractivity contribution in [1.29, 1.82) is 0 Å². The first-order valence-corrected chi connectivity index (χ1v) is 8.89. The van der Waals surface area contributed by atoms with Crippen molar-refractivity contribution < 1.29 is 24.2 Å². The van der Waals surface area contributed by atoms with E-state index in [0.29, 0.717) is 24.5 Å². The third-order valence-corrected chi connectivity index (χ3v) is 3.69. The van der Waals surface area contributed by atoms with Gasteiger partial charge >= 0.3 is 5.97 Å². The first-order valence-electron chi connectivity index (χ1n) is 8.89. The molecule has 0 fully saturated rings. The van der Waals surface area contributed by atoms with Gasteiger partial charge in [-0.1, -0.05) is 33.3 Å². The highest BCUT2D eigenvalue weighted by Crippen LogP contribution is 2.28. The lowest BCUT2D eigenvalue weighted by atomic mass is 10.0. The SMILES string of the molecule is CCCCOc1ccc(/C=C/C(=O)NC(CC(C)C)C(=O)O)cc1OC. The fraction of sp³-hybridized carbons (Fsp3) is 0.500. The summed E-state index contributed by atoms with van der Waals surface area (Å²) in [7, 11) is 1.56. The lowest BCUT2D eigenvalue weighted by Gasteiger charge is -2.15. The summed E-state index contributed by atoms with van der Waals surface area (Å²) in [5, 5.41) is 11.7. The van der Waals surface area contributed by atoms with Crippen molar-refractivity contribution in [3.8, 4) is 11.5 Å². The number of carbonyl (C=O) groups is 2. The predicted molar refractivity (Wildman–Crippen MR) is 101 cm³/mol. The van der Waals surface area contributed by atoms with Gasteiger partial charge in [0, 0.05) is 6.08 Å². The Labute approximate surface area is 155 Å². The number of nitrogens with one attached hydrogen (secondary N) is 1. The first kappa shape index (κ1) is 21.5. The van der Waals surface area contributed by atoms with E-state index in [2.05, 4.69) is 12.2 Å². The molecule has 0 saturated heterocycles. The van der Waals surface area contributed by atoms with E-state index in [9.17, 15) is 14.7 Å². The highest BCUT2D eigenvalue weighted by molar-refractivity contribution is 5.94. The van der Waals surface area contributed by atoms with Crippen LogP contribution < -0.4 is 14.8 Å². The molecule has 144 valence electrons. The van der Waals surface area contributed by atoms with Crippen molar-refractivity contribution in [2.45, 2.75) is 46.1 Å². The number of carboxylic acids is 1. The van der Waals surface area contributed by atoms with E-state index in [1.54, 1.807) is 25.3 Å². The van der Waals surface area contributed by atoms with Gasteiger partial charge in [-0.05, 0) is 42.5 Å². The largest absolute Gasteiger partial charge is 0.493 e. The number of methoxy groups -OCH3 is 1. The predicted octanol–water partition coefficient (Wildman–Crippen LogP) is 3.50. The van der Waals surface area contributed by atoms with E-state index < -0.39 is 17.9 Å². The van der Waals surface area contributed by atoms with E-state index >= 15 is 0 Å². The molecule has 0 aromatic heterocycles. The van der Waals surface area contributed by atoms with Crippen molar-refractivity contribution in [3.63, 3.8) is 0 Å². The number of carbonyl (C=O) groups excluding carboxylic acids is 1. The molecule has 0 heterocycles. The third-order valence-electron chi connectivity index (χ3n) is 3.69. The normalized spacial score (nSPS) is 12.2. The lowest BCUT2D eigenvalue weighted by molar-refractivity contribution is -0.141. The number of rotatable bonds is 11. The molecular weight excluding hydrogens is 334 g/mol. The van der Waals surface area contributed by atoms with Crippen LogP contribution in [0.15, 0.2) is 24.3 Å². The summed E-state index contributed by atoms with van der Waals surface area (Å²) in [6, 6.07) is 4.49. The average molecular weight is 363 g/mol. The molecule has 0 aliphatic carbocycles. The Bertz CT molecular complexity index is 625. The molecule has 1 aromatic carbocycles. The van der Waals surface area contributed by atoms with Gasteiger partial charge in [0.2, 0.25) is 5.91 Å². The maximum Gasteiger partial charge on any atom is 0.326 e. The molecule has 26 heavy (non-hydrogen) atoms. The third kappa shape index (κ3) is 7.59.